The first-order valence-electron chi connectivity index (χ1n) is 5.58. The van der Waals surface area contributed by atoms with Crippen molar-refractivity contribution in [1.29, 1.82) is 0 Å². The average molecular weight is 219 g/mol. The molecule has 0 aliphatic heterocycles. The maximum atomic E-state index is 4.44. The molecule has 0 unspecified atom stereocenters. The van der Waals surface area contributed by atoms with E-state index >= 15 is 0 Å². The first-order chi connectivity index (χ1) is 8.43. The van der Waals surface area contributed by atoms with Crippen molar-refractivity contribution in [1.82, 2.24) is 9.97 Å². The fourth-order valence-corrected chi connectivity index (χ4v) is 1.93. The molecule has 1 aromatic carbocycles. The van der Waals surface area contributed by atoms with E-state index in [1.165, 1.54) is 0 Å². The van der Waals surface area contributed by atoms with Crippen LogP contribution in [0.5, 0.6) is 0 Å². The normalized spacial score (nSPS) is 10.6. The average Bonchev–Trinajstić information content (AvgIpc) is 2.40. The van der Waals surface area contributed by atoms with Crippen molar-refractivity contribution in [2.45, 2.75) is 6.42 Å². The Morgan fingerprint density at radius 3 is 2.82 bits per heavy atom. The minimum absolute atomic E-state index is 0.760. The van der Waals surface area contributed by atoms with Gasteiger partial charge in [-0.25, -0.2) is 0 Å². The first-order valence-corrected chi connectivity index (χ1v) is 5.58. The van der Waals surface area contributed by atoms with Crippen LogP contribution in [0.3, 0.4) is 0 Å². The summed E-state index contributed by atoms with van der Waals surface area (Å²) in [5.41, 5.74) is 2.09. The number of hydrogen-bond donors (Lipinski definition) is 0. The Morgan fingerprint density at radius 1 is 0.941 bits per heavy atom. The first kappa shape index (κ1) is 9.97. The van der Waals surface area contributed by atoms with Crippen LogP contribution < -0.4 is 0 Å². The Kier molecular flexibility index (Phi) is 2.54. The third kappa shape index (κ3) is 2.02. The maximum Gasteiger partial charge on any atom is 0.0541 e. The molecule has 2 nitrogen and oxygen atoms in total. The zero-order valence-corrected chi connectivity index (χ0v) is 9.30. The third-order valence-electron chi connectivity index (χ3n) is 2.75. The summed E-state index contributed by atoms with van der Waals surface area (Å²) in [4.78, 5) is 8.77. The topological polar surface area (TPSA) is 25.8 Å². The SMILES string of the molecule is [c]1cccc2c(Cc3ccccn3)nccc12. The van der Waals surface area contributed by atoms with Crippen molar-refractivity contribution < 1.29 is 0 Å². The molecule has 2 heteroatoms. The molecular weight excluding hydrogens is 208 g/mol. The Balaban J connectivity index is 2.06. The van der Waals surface area contributed by atoms with Gasteiger partial charge in [0.15, 0.2) is 0 Å². The van der Waals surface area contributed by atoms with Crippen molar-refractivity contribution in [3.8, 4) is 0 Å². The highest BCUT2D eigenvalue weighted by molar-refractivity contribution is 5.83. The molecule has 81 valence electrons. The van der Waals surface area contributed by atoms with Gasteiger partial charge in [0.2, 0.25) is 0 Å². The molecule has 0 atom stereocenters. The molecule has 1 radical (unpaired) electrons. The van der Waals surface area contributed by atoms with E-state index in [1.54, 1.807) is 0 Å². The van der Waals surface area contributed by atoms with Crippen LogP contribution in [0.2, 0.25) is 0 Å². The van der Waals surface area contributed by atoms with Crippen LogP contribution in [-0.4, -0.2) is 9.97 Å². The summed E-state index contributed by atoms with van der Waals surface area (Å²) in [6.45, 7) is 0. The molecule has 0 fully saturated rings. The van der Waals surface area contributed by atoms with E-state index in [2.05, 4.69) is 22.1 Å². The van der Waals surface area contributed by atoms with Gasteiger partial charge in [-0.15, -0.1) is 0 Å². The molecule has 0 spiro atoms. The van der Waals surface area contributed by atoms with Gasteiger partial charge in [-0.05, 0) is 29.7 Å². The lowest BCUT2D eigenvalue weighted by Gasteiger charge is -2.04. The zero-order valence-electron chi connectivity index (χ0n) is 9.30. The minimum Gasteiger partial charge on any atom is -0.261 e. The number of hydrogen-bond acceptors (Lipinski definition) is 2. The number of aromatic nitrogens is 2. The molecule has 0 bridgehead atoms. The number of benzene rings is 1. The minimum atomic E-state index is 0.760. The number of nitrogens with zero attached hydrogens (tertiary/aromatic N) is 2. The van der Waals surface area contributed by atoms with Crippen molar-refractivity contribution >= 4 is 10.8 Å². The summed E-state index contributed by atoms with van der Waals surface area (Å²) in [5, 5.41) is 2.26. The Morgan fingerprint density at radius 2 is 1.94 bits per heavy atom. The van der Waals surface area contributed by atoms with Crippen molar-refractivity contribution in [2.24, 2.45) is 0 Å². The molecule has 0 saturated carbocycles. The van der Waals surface area contributed by atoms with E-state index in [0.29, 0.717) is 0 Å². The molecule has 2 heterocycles. The van der Waals surface area contributed by atoms with Crippen LogP contribution in [0.1, 0.15) is 11.4 Å². The zero-order chi connectivity index (χ0) is 11.5. The van der Waals surface area contributed by atoms with Crippen LogP contribution >= 0.6 is 0 Å². The van der Waals surface area contributed by atoms with E-state index in [1.807, 2.05) is 48.8 Å². The third-order valence-corrected chi connectivity index (χ3v) is 2.75. The predicted molar refractivity (Wildman–Crippen MR) is 67.6 cm³/mol. The number of rotatable bonds is 2. The van der Waals surface area contributed by atoms with Gasteiger partial charge in [0.1, 0.15) is 0 Å². The summed E-state index contributed by atoms with van der Waals surface area (Å²) in [6, 6.07) is 17.1. The quantitative estimate of drug-likeness (QED) is 0.662. The summed E-state index contributed by atoms with van der Waals surface area (Å²) in [5.74, 6) is 0. The maximum absolute atomic E-state index is 4.44. The molecule has 0 amide bonds. The van der Waals surface area contributed by atoms with Gasteiger partial charge in [-0.1, -0.05) is 24.3 Å². The molecule has 0 N–H and O–H groups in total. The summed E-state index contributed by atoms with van der Waals surface area (Å²) in [6.07, 6.45) is 4.40. The summed E-state index contributed by atoms with van der Waals surface area (Å²) >= 11 is 0. The second-order valence-electron chi connectivity index (χ2n) is 3.89. The molecule has 17 heavy (non-hydrogen) atoms. The van der Waals surface area contributed by atoms with E-state index in [-0.39, 0.29) is 0 Å². The molecule has 0 saturated heterocycles. The van der Waals surface area contributed by atoms with Crippen LogP contribution in [0.4, 0.5) is 0 Å². The van der Waals surface area contributed by atoms with Gasteiger partial charge >= 0.3 is 0 Å². The number of pyridine rings is 2. The molecular formula is C15H11N2. The fourth-order valence-electron chi connectivity index (χ4n) is 1.93. The smallest absolute Gasteiger partial charge is 0.0541 e. The monoisotopic (exact) mass is 219 g/mol. The van der Waals surface area contributed by atoms with Crippen LogP contribution in [-0.2, 0) is 6.42 Å². The second kappa shape index (κ2) is 4.34. The highest BCUT2D eigenvalue weighted by atomic mass is 14.7. The van der Waals surface area contributed by atoms with Gasteiger partial charge < -0.3 is 0 Å². The molecule has 0 aliphatic carbocycles. The molecule has 3 aromatic rings. The van der Waals surface area contributed by atoms with Crippen molar-refractivity contribution in [2.75, 3.05) is 0 Å². The standard InChI is InChI=1S/C15H11N2/c1-2-7-14-12(5-1)8-10-17-15(14)11-13-6-3-4-9-16-13/h1-4,6-10H,11H2. The molecule has 0 aliphatic rings. The van der Waals surface area contributed by atoms with Gasteiger partial charge in [0, 0.05) is 29.9 Å². The Hall–Kier alpha value is -2.22. The van der Waals surface area contributed by atoms with E-state index in [0.717, 1.165) is 28.6 Å². The Labute approximate surface area is 100.0 Å². The van der Waals surface area contributed by atoms with Gasteiger partial charge in [0.25, 0.3) is 0 Å². The van der Waals surface area contributed by atoms with Crippen LogP contribution in [0, 0.1) is 6.07 Å². The van der Waals surface area contributed by atoms with E-state index in [4.69, 9.17) is 0 Å². The van der Waals surface area contributed by atoms with Gasteiger partial charge in [-0.3, -0.25) is 9.97 Å². The number of fused-ring (bicyclic) bond motifs is 1. The molecule has 3 rings (SSSR count). The summed E-state index contributed by atoms with van der Waals surface area (Å²) < 4.78 is 0. The predicted octanol–water partition coefficient (Wildman–Crippen LogP) is 3.02. The summed E-state index contributed by atoms with van der Waals surface area (Å²) in [7, 11) is 0. The lowest BCUT2D eigenvalue weighted by Crippen LogP contribution is -1.95. The largest absolute Gasteiger partial charge is 0.261 e. The molecule has 2 aromatic heterocycles. The van der Waals surface area contributed by atoms with Crippen molar-refractivity contribution in [3.63, 3.8) is 0 Å². The highest BCUT2D eigenvalue weighted by Crippen LogP contribution is 2.17. The fraction of sp³-hybridized carbons (Fsp3) is 0.0667. The van der Waals surface area contributed by atoms with Crippen LogP contribution in [0.25, 0.3) is 10.8 Å². The lowest BCUT2D eigenvalue weighted by atomic mass is 10.1. The van der Waals surface area contributed by atoms with Crippen LogP contribution in [0.15, 0.2) is 54.9 Å². The second-order valence-corrected chi connectivity index (χ2v) is 3.89. The van der Waals surface area contributed by atoms with Gasteiger partial charge in [-0.2, -0.15) is 0 Å². The Bertz CT molecular complexity index is 627. The van der Waals surface area contributed by atoms with E-state index in [9.17, 15) is 0 Å². The van der Waals surface area contributed by atoms with Crippen molar-refractivity contribution in [3.05, 3.63) is 72.3 Å². The van der Waals surface area contributed by atoms with Gasteiger partial charge in [0.05, 0.1) is 5.69 Å². The lowest BCUT2D eigenvalue weighted by molar-refractivity contribution is 1.03. The highest BCUT2D eigenvalue weighted by Gasteiger charge is 2.03. The van der Waals surface area contributed by atoms with E-state index < -0.39 is 0 Å².